The summed E-state index contributed by atoms with van der Waals surface area (Å²) in [5.41, 5.74) is 1.85. The topological polar surface area (TPSA) is 37.9 Å². The molecule has 3 rings (SSSR count). The summed E-state index contributed by atoms with van der Waals surface area (Å²) in [6.45, 7) is 0. The maximum atomic E-state index is 6.04. The van der Waals surface area contributed by atoms with Crippen molar-refractivity contribution in [2.24, 2.45) is 0 Å². The lowest BCUT2D eigenvalue weighted by atomic mass is 10.2. The van der Waals surface area contributed by atoms with Gasteiger partial charge in [0.05, 0.1) is 18.1 Å². The SMILES string of the molecule is COc1cccc2[nH]c3c(Cl)nccc3c12. The fourth-order valence-corrected chi connectivity index (χ4v) is 2.19. The number of hydrogen-bond donors (Lipinski definition) is 1. The number of benzene rings is 1. The zero-order valence-electron chi connectivity index (χ0n) is 8.62. The van der Waals surface area contributed by atoms with E-state index < -0.39 is 0 Å². The molecule has 0 atom stereocenters. The number of rotatable bonds is 1. The average molecular weight is 233 g/mol. The van der Waals surface area contributed by atoms with Crippen LogP contribution in [0.3, 0.4) is 0 Å². The molecule has 0 aliphatic heterocycles. The van der Waals surface area contributed by atoms with Crippen molar-refractivity contribution in [3.63, 3.8) is 0 Å². The number of fused-ring (bicyclic) bond motifs is 3. The van der Waals surface area contributed by atoms with Gasteiger partial charge in [-0.1, -0.05) is 17.7 Å². The number of nitrogens with one attached hydrogen (secondary N) is 1. The Labute approximate surface area is 97.0 Å². The number of methoxy groups -OCH3 is 1. The molecule has 0 spiro atoms. The lowest BCUT2D eigenvalue weighted by Crippen LogP contribution is -1.82. The summed E-state index contributed by atoms with van der Waals surface area (Å²) < 4.78 is 5.35. The zero-order valence-corrected chi connectivity index (χ0v) is 9.38. The highest BCUT2D eigenvalue weighted by Gasteiger charge is 2.10. The van der Waals surface area contributed by atoms with Crippen molar-refractivity contribution in [3.05, 3.63) is 35.6 Å². The molecule has 2 heterocycles. The molecule has 16 heavy (non-hydrogen) atoms. The van der Waals surface area contributed by atoms with Gasteiger partial charge in [-0.25, -0.2) is 4.98 Å². The Bertz CT molecular complexity index is 675. The highest BCUT2D eigenvalue weighted by Crippen LogP contribution is 2.34. The van der Waals surface area contributed by atoms with Gasteiger partial charge in [-0.15, -0.1) is 0 Å². The van der Waals surface area contributed by atoms with Gasteiger partial charge in [-0.3, -0.25) is 0 Å². The highest BCUT2D eigenvalue weighted by molar-refractivity contribution is 6.35. The number of ether oxygens (including phenoxy) is 1. The third-order valence-electron chi connectivity index (χ3n) is 2.68. The van der Waals surface area contributed by atoms with E-state index >= 15 is 0 Å². The van der Waals surface area contributed by atoms with Crippen molar-refractivity contribution in [2.75, 3.05) is 7.11 Å². The predicted molar refractivity (Wildman–Crippen MR) is 65.2 cm³/mol. The van der Waals surface area contributed by atoms with Crippen molar-refractivity contribution < 1.29 is 4.74 Å². The maximum Gasteiger partial charge on any atom is 0.153 e. The molecule has 2 aromatic heterocycles. The first-order chi connectivity index (χ1) is 7.81. The average Bonchev–Trinajstić information content (AvgIpc) is 2.69. The first-order valence-electron chi connectivity index (χ1n) is 4.90. The highest BCUT2D eigenvalue weighted by atomic mass is 35.5. The van der Waals surface area contributed by atoms with Crippen LogP contribution in [0, 0.1) is 0 Å². The van der Waals surface area contributed by atoms with E-state index in [1.54, 1.807) is 13.3 Å². The van der Waals surface area contributed by atoms with Gasteiger partial charge in [0.15, 0.2) is 5.15 Å². The molecule has 4 heteroatoms. The second-order valence-electron chi connectivity index (χ2n) is 3.53. The number of hydrogen-bond acceptors (Lipinski definition) is 2. The second kappa shape index (κ2) is 3.39. The fraction of sp³-hybridized carbons (Fsp3) is 0.0833. The molecule has 1 aromatic carbocycles. The second-order valence-corrected chi connectivity index (χ2v) is 3.89. The summed E-state index contributed by atoms with van der Waals surface area (Å²) in [5, 5.41) is 2.56. The standard InChI is InChI=1S/C12H9ClN2O/c1-16-9-4-2-3-8-10(9)7-5-6-14-12(13)11(7)15-8/h2-6,15H,1H3. The lowest BCUT2D eigenvalue weighted by molar-refractivity contribution is 0.420. The molecule has 0 saturated heterocycles. The van der Waals surface area contributed by atoms with Crippen LogP contribution >= 0.6 is 11.6 Å². The Morgan fingerprint density at radius 1 is 1.31 bits per heavy atom. The molecule has 0 radical (unpaired) electrons. The van der Waals surface area contributed by atoms with Crippen LogP contribution in [0.15, 0.2) is 30.5 Å². The van der Waals surface area contributed by atoms with Crippen LogP contribution in [0.1, 0.15) is 0 Å². The Kier molecular flexibility index (Phi) is 2.01. The molecule has 3 aromatic rings. The van der Waals surface area contributed by atoms with Gasteiger partial charge in [0.25, 0.3) is 0 Å². The number of aromatic amines is 1. The molecule has 0 unspecified atom stereocenters. The molecular weight excluding hydrogens is 224 g/mol. The van der Waals surface area contributed by atoms with Gasteiger partial charge in [0.1, 0.15) is 5.75 Å². The quantitative estimate of drug-likeness (QED) is 0.653. The molecular formula is C12H9ClN2O. The zero-order chi connectivity index (χ0) is 11.1. The van der Waals surface area contributed by atoms with Crippen LogP contribution in [0.5, 0.6) is 5.75 Å². The smallest absolute Gasteiger partial charge is 0.153 e. The molecule has 0 bridgehead atoms. The number of halogens is 1. The van der Waals surface area contributed by atoms with Crippen molar-refractivity contribution in [1.29, 1.82) is 0 Å². The van der Waals surface area contributed by atoms with E-state index in [0.717, 1.165) is 27.6 Å². The molecule has 1 N–H and O–H groups in total. The van der Waals surface area contributed by atoms with Gasteiger partial charge in [0.2, 0.25) is 0 Å². The maximum absolute atomic E-state index is 6.04. The summed E-state index contributed by atoms with van der Waals surface area (Å²) in [7, 11) is 1.66. The van der Waals surface area contributed by atoms with E-state index in [1.807, 2.05) is 24.3 Å². The Hall–Kier alpha value is -1.74. The van der Waals surface area contributed by atoms with E-state index in [0.29, 0.717) is 5.15 Å². The first-order valence-corrected chi connectivity index (χ1v) is 5.28. The molecule has 0 amide bonds. The van der Waals surface area contributed by atoms with E-state index in [2.05, 4.69) is 9.97 Å². The van der Waals surface area contributed by atoms with Crippen LogP contribution in [-0.4, -0.2) is 17.1 Å². The van der Waals surface area contributed by atoms with E-state index in [-0.39, 0.29) is 0 Å². The summed E-state index contributed by atoms with van der Waals surface area (Å²) in [6, 6.07) is 7.80. The summed E-state index contributed by atoms with van der Waals surface area (Å²) in [4.78, 5) is 7.30. The third-order valence-corrected chi connectivity index (χ3v) is 2.97. The number of H-pyrrole nitrogens is 1. The Morgan fingerprint density at radius 2 is 2.19 bits per heavy atom. The van der Waals surface area contributed by atoms with E-state index in [4.69, 9.17) is 16.3 Å². The molecule has 0 aliphatic rings. The largest absolute Gasteiger partial charge is 0.496 e. The third kappa shape index (κ3) is 1.18. The normalized spacial score (nSPS) is 11.1. The molecule has 0 fully saturated rings. The van der Waals surface area contributed by atoms with Crippen molar-refractivity contribution >= 4 is 33.4 Å². The van der Waals surface area contributed by atoms with E-state index in [1.165, 1.54) is 0 Å². The molecule has 80 valence electrons. The van der Waals surface area contributed by atoms with Crippen LogP contribution in [0.2, 0.25) is 5.15 Å². The van der Waals surface area contributed by atoms with Crippen LogP contribution < -0.4 is 4.74 Å². The van der Waals surface area contributed by atoms with Gasteiger partial charge >= 0.3 is 0 Å². The Morgan fingerprint density at radius 3 is 3.00 bits per heavy atom. The minimum Gasteiger partial charge on any atom is -0.496 e. The molecule has 3 nitrogen and oxygen atoms in total. The monoisotopic (exact) mass is 232 g/mol. The first kappa shape index (κ1) is 9.48. The number of aromatic nitrogens is 2. The lowest BCUT2D eigenvalue weighted by Gasteiger charge is -2.01. The Balaban J connectivity index is 2.57. The van der Waals surface area contributed by atoms with Crippen molar-refractivity contribution in [1.82, 2.24) is 9.97 Å². The molecule has 0 saturated carbocycles. The minimum atomic E-state index is 0.482. The van der Waals surface area contributed by atoms with Gasteiger partial charge in [0, 0.05) is 17.0 Å². The number of pyridine rings is 1. The van der Waals surface area contributed by atoms with Crippen molar-refractivity contribution in [2.45, 2.75) is 0 Å². The summed E-state index contributed by atoms with van der Waals surface area (Å²) >= 11 is 6.04. The van der Waals surface area contributed by atoms with Gasteiger partial charge in [-0.2, -0.15) is 0 Å². The summed E-state index contributed by atoms with van der Waals surface area (Å²) in [6.07, 6.45) is 1.70. The molecule has 0 aliphatic carbocycles. The predicted octanol–water partition coefficient (Wildman–Crippen LogP) is 3.38. The fourth-order valence-electron chi connectivity index (χ4n) is 1.98. The minimum absolute atomic E-state index is 0.482. The van der Waals surface area contributed by atoms with E-state index in [9.17, 15) is 0 Å². The van der Waals surface area contributed by atoms with Gasteiger partial charge in [-0.05, 0) is 18.2 Å². The van der Waals surface area contributed by atoms with Crippen LogP contribution in [0.25, 0.3) is 21.8 Å². The summed E-state index contributed by atoms with van der Waals surface area (Å²) in [5.74, 6) is 0.839. The number of nitrogens with zero attached hydrogens (tertiary/aromatic N) is 1. The van der Waals surface area contributed by atoms with Crippen LogP contribution in [0.4, 0.5) is 0 Å². The van der Waals surface area contributed by atoms with Gasteiger partial charge < -0.3 is 9.72 Å². The van der Waals surface area contributed by atoms with Crippen LogP contribution in [-0.2, 0) is 0 Å². The van der Waals surface area contributed by atoms with Crippen molar-refractivity contribution in [3.8, 4) is 5.75 Å².